The molecule has 3 rings (SSSR count). The van der Waals surface area contributed by atoms with Crippen molar-refractivity contribution in [2.75, 3.05) is 26.9 Å². The molecule has 3 aromatic rings. The van der Waals surface area contributed by atoms with Crippen molar-refractivity contribution in [2.45, 2.75) is 40.5 Å². The van der Waals surface area contributed by atoms with Gasteiger partial charge in [0.2, 0.25) is 0 Å². The number of aromatic nitrogens is 1. The quantitative estimate of drug-likeness (QED) is 0.547. The van der Waals surface area contributed by atoms with Gasteiger partial charge in [-0.25, -0.2) is 0 Å². The first-order valence-electron chi connectivity index (χ1n) is 9.61. The first kappa shape index (κ1) is 19.7. The van der Waals surface area contributed by atoms with Gasteiger partial charge in [0.05, 0.1) is 7.11 Å². The summed E-state index contributed by atoms with van der Waals surface area (Å²) in [4.78, 5) is 3.56. The van der Waals surface area contributed by atoms with E-state index in [1.807, 2.05) is 19.9 Å². The van der Waals surface area contributed by atoms with E-state index in [0.717, 1.165) is 17.8 Å². The van der Waals surface area contributed by atoms with E-state index < -0.39 is 0 Å². The van der Waals surface area contributed by atoms with Gasteiger partial charge in [0.25, 0.3) is 0 Å². The molecule has 0 saturated heterocycles. The summed E-state index contributed by atoms with van der Waals surface area (Å²) in [5, 5.41) is 5.95. The fourth-order valence-corrected chi connectivity index (χ4v) is 3.63. The van der Waals surface area contributed by atoms with Gasteiger partial charge in [-0.15, -0.1) is 0 Å². The van der Waals surface area contributed by atoms with Gasteiger partial charge >= 0.3 is 0 Å². The molecule has 146 valence electrons. The van der Waals surface area contributed by atoms with Gasteiger partial charge in [-0.1, -0.05) is 6.07 Å². The molecule has 2 N–H and O–H groups in total. The number of ether oxygens (including phenoxy) is 3. The molecule has 5 heteroatoms. The summed E-state index contributed by atoms with van der Waals surface area (Å²) >= 11 is 0. The van der Waals surface area contributed by atoms with Gasteiger partial charge in [-0.2, -0.15) is 0 Å². The molecular weight excluding hydrogens is 340 g/mol. The van der Waals surface area contributed by atoms with Crippen molar-refractivity contribution in [3.8, 4) is 5.75 Å². The number of rotatable bonds is 9. The standard InChI is InChI=1S/C22H30N2O3/c1-6-26-20(27-7-2)13-23-12-16-10-14(3)22-21(15(16)4)18-11-17(25-5)8-9-19(18)24-22/h8-11,20,23-24H,6-7,12-13H2,1-5H3. The van der Waals surface area contributed by atoms with Crippen LogP contribution in [0.25, 0.3) is 21.8 Å². The summed E-state index contributed by atoms with van der Waals surface area (Å²) in [5.41, 5.74) is 6.15. The highest BCUT2D eigenvalue weighted by Crippen LogP contribution is 2.34. The van der Waals surface area contributed by atoms with Gasteiger partial charge in [-0.3, -0.25) is 0 Å². The summed E-state index contributed by atoms with van der Waals surface area (Å²) in [6.07, 6.45) is -0.206. The number of aryl methyl sites for hydroxylation is 2. The second-order valence-corrected chi connectivity index (χ2v) is 6.74. The van der Waals surface area contributed by atoms with Crippen molar-refractivity contribution < 1.29 is 14.2 Å². The van der Waals surface area contributed by atoms with E-state index in [1.165, 1.54) is 33.0 Å². The minimum Gasteiger partial charge on any atom is -0.497 e. The monoisotopic (exact) mass is 370 g/mol. The average Bonchev–Trinajstić information content (AvgIpc) is 3.05. The van der Waals surface area contributed by atoms with Gasteiger partial charge in [-0.05, 0) is 62.6 Å². The zero-order valence-electron chi connectivity index (χ0n) is 16.9. The highest BCUT2D eigenvalue weighted by molar-refractivity contribution is 6.10. The maximum Gasteiger partial charge on any atom is 0.169 e. The van der Waals surface area contributed by atoms with Gasteiger partial charge in [0, 0.05) is 48.1 Å². The summed E-state index contributed by atoms with van der Waals surface area (Å²) in [6, 6.07) is 8.44. The molecular formula is C22H30N2O3. The van der Waals surface area contributed by atoms with Crippen molar-refractivity contribution in [1.82, 2.24) is 10.3 Å². The molecule has 5 nitrogen and oxygen atoms in total. The van der Waals surface area contributed by atoms with E-state index in [9.17, 15) is 0 Å². The molecule has 27 heavy (non-hydrogen) atoms. The molecule has 0 aliphatic carbocycles. The Hall–Kier alpha value is -2.08. The second-order valence-electron chi connectivity index (χ2n) is 6.74. The highest BCUT2D eigenvalue weighted by atomic mass is 16.7. The molecule has 0 spiro atoms. The Labute approximate surface area is 161 Å². The van der Waals surface area contributed by atoms with Gasteiger partial charge < -0.3 is 24.5 Å². The van der Waals surface area contributed by atoms with Crippen LogP contribution < -0.4 is 10.1 Å². The van der Waals surface area contributed by atoms with Gasteiger partial charge in [0.1, 0.15) is 5.75 Å². The Bertz CT molecular complexity index is 911. The van der Waals surface area contributed by atoms with E-state index in [0.29, 0.717) is 19.8 Å². The first-order valence-corrected chi connectivity index (χ1v) is 9.61. The predicted octanol–water partition coefficient (Wildman–Crippen LogP) is 4.44. The Balaban J connectivity index is 1.90. The van der Waals surface area contributed by atoms with Gasteiger partial charge in [0.15, 0.2) is 6.29 Å². The Morgan fingerprint density at radius 2 is 1.81 bits per heavy atom. The fraction of sp³-hybridized carbons (Fsp3) is 0.455. The van der Waals surface area contributed by atoms with Crippen LogP contribution in [0.5, 0.6) is 5.75 Å². The smallest absolute Gasteiger partial charge is 0.169 e. The molecule has 0 radical (unpaired) electrons. The Morgan fingerprint density at radius 1 is 1.07 bits per heavy atom. The molecule has 0 bridgehead atoms. The minimum absolute atomic E-state index is 0.206. The van der Waals surface area contributed by atoms with E-state index >= 15 is 0 Å². The second kappa shape index (κ2) is 8.74. The number of benzene rings is 2. The van der Waals surface area contributed by atoms with Crippen molar-refractivity contribution in [3.05, 3.63) is 41.0 Å². The maximum atomic E-state index is 5.61. The number of hydrogen-bond acceptors (Lipinski definition) is 4. The van der Waals surface area contributed by atoms with Crippen LogP contribution in [0.3, 0.4) is 0 Å². The third-order valence-corrected chi connectivity index (χ3v) is 4.98. The lowest BCUT2D eigenvalue weighted by Crippen LogP contribution is -2.31. The number of aromatic amines is 1. The maximum absolute atomic E-state index is 5.61. The number of hydrogen-bond donors (Lipinski definition) is 2. The fourth-order valence-electron chi connectivity index (χ4n) is 3.63. The summed E-state index contributed by atoms with van der Waals surface area (Å²) < 4.78 is 16.6. The van der Waals surface area contributed by atoms with Crippen molar-refractivity contribution in [1.29, 1.82) is 0 Å². The molecule has 0 amide bonds. The van der Waals surface area contributed by atoms with Crippen molar-refractivity contribution in [3.63, 3.8) is 0 Å². The number of nitrogens with one attached hydrogen (secondary N) is 2. The lowest BCUT2D eigenvalue weighted by atomic mass is 9.98. The topological polar surface area (TPSA) is 55.5 Å². The minimum atomic E-state index is -0.206. The number of H-pyrrole nitrogens is 1. The van der Waals surface area contributed by atoms with E-state index in [4.69, 9.17) is 14.2 Å². The first-order chi connectivity index (χ1) is 13.1. The SMILES string of the molecule is CCOC(CNCc1cc(C)c2[nH]c3ccc(OC)cc3c2c1C)OCC. The van der Waals surface area contributed by atoms with Crippen LogP contribution in [0, 0.1) is 13.8 Å². The van der Waals surface area contributed by atoms with E-state index in [-0.39, 0.29) is 6.29 Å². The van der Waals surface area contributed by atoms with Crippen LogP contribution in [0.15, 0.2) is 24.3 Å². The average molecular weight is 370 g/mol. The number of methoxy groups -OCH3 is 1. The third-order valence-electron chi connectivity index (χ3n) is 4.98. The summed E-state index contributed by atoms with van der Waals surface area (Å²) in [6.45, 7) is 11.0. The van der Waals surface area contributed by atoms with Crippen LogP contribution in [-0.2, 0) is 16.0 Å². The summed E-state index contributed by atoms with van der Waals surface area (Å²) in [5.74, 6) is 0.875. The molecule has 0 aliphatic rings. The zero-order valence-corrected chi connectivity index (χ0v) is 16.9. The molecule has 0 fully saturated rings. The van der Waals surface area contributed by atoms with Crippen LogP contribution in [0.1, 0.15) is 30.5 Å². The van der Waals surface area contributed by atoms with Crippen molar-refractivity contribution >= 4 is 21.8 Å². The largest absolute Gasteiger partial charge is 0.497 e. The number of fused-ring (bicyclic) bond motifs is 3. The third kappa shape index (κ3) is 4.10. The molecule has 1 heterocycles. The molecule has 0 unspecified atom stereocenters. The Morgan fingerprint density at radius 3 is 2.48 bits per heavy atom. The van der Waals surface area contributed by atoms with Crippen LogP contribution in [-0.4, -0.2) is 38.1 Å². The van der Waals surface area contributed by atoms with Crippen LogP contribution in [0.2, 0.25) is 0 Å². The van der Waals surface area contributed by atoms with E-state index in [2.05, 4.69) is 42.3 Å². The normalized spacial score (nSPS) is 11.8. The highest BCUT2D eigenvalue weighted by Gasteiger charge is 2.14. The molecule has 0 saturated carbocycles. The van der Waals surface area contributed by atoms with Crippen LogP contribution >= 0.6 is 0 Å². The lowest BCUT2D eigenvalue weighted by molar-refractivity contribution is -0.133. The lowest BCUT2D eigenvalue weighted by Gasteiger charge is -2.18. The summed E-state index contributed by atoms with van der Waals surface area (Å²) in [7, 11) is 1.70. The molecule has 0 aliphatic heterocycles. The molecule has 0 atom stereocenters. The van der Waals surface area contributed by atoms with Crippen LogP contribution in [0.4, 0.5) is 0 Å². The Kier molecular flexibility index (Phi) is 6.37. The van der Waals surface area contributed by atoms with E-state index in [1.54, 1.807) is 7.11 Å². The predicted molar refractivity (Wildman–Crippen MR) is 111 cm³/mol. The molecule has 2 aromatic carbocycles. The zero-order chi connectivity index (χ0) is 19.4. The molecule has 1 aromatic heterocycles. The van der Waals surface area contributed by atoms with Crippen molar-refractivity contribution in [2.24, 2.45) is 0 Å².